The topological polar surface area (TPSA) is 69.0 Å². The third-order valence-corrected chi connectivity index (χ3v) is 3.96. The quantitative estimate of drug-likeness (QED) is 0.657. The number of methoxy groups -OCH3 is 1. The van der Waals surface area contributed by atoms with Crippen molar-refractivity contribution in [1.82, 2.24) is 14.8 Å². The second-order valence-electron chi connectivity index (χ2n) is 5.86. The lowest BCUT2D eigenvalue weighted by molar-refractivity contribution is -0.141. The van der Waals surface area contributed by atoms with Crippen molar-refractivity contribution < 1.29 is 31.5 Å². The van der Waals surface area contributed by atoms with Crippen LogP contribution in [-0.4, -0.2) is 27.8 Å². The van der Waals surface area contributed by atoms with E-state index >= 15 is 0 Å². The molecule has 1 aromatic carbocycles. The number of nitrogens with one attached hydrogen (secondary N) is 1. The molecule has 0 bridgehead atoms. The maximum atomic E-state index is 13.7. The number of carbonyl (C=O) groups is 1. The van der Waals surface area contributed by atoms with Gasteiger partial charge in [0.05, 0.1) is 12.8 Å². The fraction of sp³-hybridized carbons (Fsp3) is 0.167. The molecule has 0 saturated heterocycles. The van der Waals surface area contributed by atoms with Crippen molar-refractivity contribution in [2.75, 3.05) is 12.4 Å². The van der Waals surface area contributed by atoms with Crippen molar-refractivity contribution >= 4 is 11.6 Å². The number of halogens is 5. The van der Waals surface area contributed by atoms with Crippen molar-refractivity contribution in [3.63, 3.8) is 0 Å². The summed E-state index contributed by atoms with van der Waals surface area (Å²) < 4.78 is 72.1. The predicted molar refractivity (Wildman–Crippen MR) is 92.3 cm³/mol. The van der Waals surface area contributed by atoms with Crippen LogP contribution in [0.15, 0.2) is 36.5 Å². The van der Waals surface area contributed by atoms with E-state index in [0.29, 0.717) is 0 Å². The van der Waals surface area contributed by atoms with E-state index in [9.17, 15) is 26.7 Å². The highest BCUT2D eigenvalue weighted by Gasteiger charge is 2.34. The summed E-state index contributed by atoms with van der Waals surface area (Å²) in [5.74, 6) is -3.03. The number of amides is 1. The number of para-hydroxylation sites is 1. The Morgan fingerprint density at radius 1 is 1.17 bits per heavy atom. The Bertz CT molecular complexity index is 1060. The van der Waals surface area contributed by atoms with E-state index in [1.54, 1.807) is 0 Å². The molecule has 3 aromatic rings. The molecule has 0 spiro atoms. The van der Waals surface area contributed by atoms with Crippen LogP contribution >= 0.6 is 0 Å². The van der Waals surface area contributed by atoms with Gasteiger partial charge in [-0.3, -0.25) is 9.48 Å². The van der Waals surface area contributed by atoms with Gasteiger partial charge in [0, 0.05) is 18.8 Å². The molecule has 0 fully saturated rings. The van der Waals surface area contributed by atoms with E-state index < -0.39 is 35.1 Å². The number of benzene rings is 1. The van der Waals surface area contributed by atoms with Crippen LogP contribution in [0.3, 0.4) is 0 Å². The summed E-state index contributed by atoms with van der Waals surface area (Å²) in [4.78, 5) is 16.3. The Hall–Kier alpha value is -3.50. The van der Waals surface area contributed by atoms with Crippen LogP contribution in [0, 0.1) is 11.6 Å². The number of hydrogen-bond acceptors (Lipinski definition) is 4. The third kappa shape index (κ3) is 4.03. The van der Waals surface area contributed by atoms with Crippen molar-refractivity contribution in [1.29, 1.82) is 0 Å². The largest absolute Gasteiger partial charge is 0.494 e. The van der Waals surface area contributed by atoms with E-state index in [0.717, 1.165) is 35.1 Å². The zero-order valence-corrected chi connectivity index (χ0v) is 15.0. The number of aryl methyl sites for hydroxylation is 1. The molecule has 0 aliphatic heterocycles. The van der Waals surface area contributed by atoms with Crippen molar-refractivity contribution in [2.24, 2.45) is 7.05 Å². The molecule has 2 aromatic heterocycles. The fourth-order valence-corrected chi connectivity index (χ4v) is 2.58. The molecule has 3 rings (SSSR count). The SMILES string of the molecule is COc1cc(-c2cc(C(F)(F)F)nn2C)cnc1C(=O)Nc1c(F)cccc1F. The second kappa shape index (κ2) is 7.49. The van der Waals surface area contributed by atoms with E-state index in [2.05, 4.69) is 15.4 Å². The first-order chi connectivity index (χ1) is 13.6. The summed E-state index contributed by atoms with van der Waals surface area (Å²) >= 11 is 0. The molecule has 152 valence electrons. The Balaban J connectivity index is 1.96. The van der Waals surface area contributed by atoms with Crippen LogP contribution in [0.25, 0.3) is 11.3 Å². The van der Waals surface area contributed by atoms with Crippen molar-refractivity contribution in [3.05, 3.63) is 59.6 Å². The molecule has 1 amide bonds. The summed E-state index contributed by atoms with van der Waals surface area (Å²) in [6.45, 7) is 0. The molecule has 0 unspecified atom stereocenters. The summed E-state index contributed by atoms with van der Waals surface area (Å²) in [6.07, 6.45) is -3.50. The molecule has 0 atom stereocenters. The zero-order chi connectivity index (χ0) is 21.3. The fourth-order valence-electron chi connectivity index (χ4n) is 2.58. The van der Waals surface area contributed by atoms with E-state index in [4.69, 9.17) is 4.74 Å². The van der Waals surface area contributed by atoms with Crippen LogP contribution in [-0.2, 0) is 13.2 Å². The summed E-state index contributed by atoms with van der Waals surface area (Å²) in [6, 6.07) is 5.17. The highest BCUT2D eigenvalue weighted by molar-refractivity contribution is 6.05. The number of alkyl halides is 3. The van der Waals surface area contributed by atoms with Crippen LogP contribution in [0.1, 0.15) is 16.2 Å². The van der Waals surface area contributed by atoms with Crippen LogP contribution in [0.4, 0.5) is 27.6 Å². The van der Waals surface area contributed by atoms with E-state index in [-0.39, 0.29) is 22.7 Å². The number of aromatic nitrogens is 3. The molecule has 0 aliphatic carbocycles. The third-order valence-electron chi connectivity index (χ3n) is 3.96. The molecule has 11 heteroatoms. The molecule has 0 radical (unpaired) electrons. The molecule has 6 nitrogen and oxygen atoms in total. The maximum absolute atomic E-state index is 13.7. The number of hydrogen-bond donors (Lipinski definition) is 1. The van der Waals surface area contributed by atoms with Gasteiger partial charge < -0.3 is 10.1 Å². The first-order valence-electron chi connectivity index (χ1n) is 8.03. The molecule has 29 heavy (non-hydrogen) atoms. The normalized spacial score (nSPS) is 11.4. The van der Waals surface area contributed by atoms with Gasteiger partial charge in [-0.2, -0.15) is 18.3 Å². The number of ether oxygens (including phenoxy) is 1. The standard InChI is InChI=1S/C18H13F5N4O2/c1-27-12(7-14(26-27)18(21,22)23)9-6-13(29-2)16(24-8-9)17(28)25-15-10(19)4-3-5-11(15)20/h3-8H,1-2H3,(H,25,28). The monoisotopic (exact) mass is 412 g/mol. The first kappa shape index (κ1) is 20.2. The van der Waals surface area contributed by atoms with E-state index in [1.165, 1.54) is 20.2 Å². The first-order valence-corrected chi connectivity index (χ1v) is 8.03. The lowest BCUT2D eigenvalue weighted by Gasteiger charge is -2.11. The smallest absolute Gasteiger partial charge is 0.435 e. The summed E-state index contributed by atoms with van der Waals surface area (Å²) in [5.41, 5.74) is -1.79. The lowest BCUT2D eigenvalue weighted by Crippen LogP contribution is -2.17. The predicted octanol–water partition coefficient (Wildman–Crippen LogP) is 4.04. The van der Waals surface area contributed by atoms with Gasteiger partial charge in [0.15, 0.2) is 17.1 Å². The van der Waals surface area contributed by atoms with Gasteiger partial charge in [0.25, 0.3) is 5.91 Å². The average Bonchev–Trinajstić information content (AvgIpc) is 3.06. The number of rotatable bonds is 4. The van der Waals surface area contributed by atoms with Gasteiger partial charge in [-0.15, -0.1) is 0 Å². The molecular formula is C18H13F5N4O2. The van der Waals surface area contributed by atoms with E-state index in [1.807, 2.05) is 0 Å². The molecule has 0 aliphatic rings. The minimum absolute atomic E-state index is 0.0789. The summed E-state index contributed by atoms with van der Waals surface area (Å²) in [7, 11) is 2.53. The molecule has 1 N–H and O–H groups in total. The highest BCUT2D eigenvalue weighted by atomic mass is 19.4. The number of nitrogens with zero attached hydrogens (tertiary/aromatic N) is 3. The summed E-state index contributed by atoms with van der Waals surface area (Å²) in [5, 5.41) is 5.47. The van der Waals surface area contributed by atoms with Crippen molar-refractivity contribution in [3.8, 4) is 17.0 Å². The van der Waals surface area contributed by atoms with Gasteiger partial charge in [0.2, 0.25) is 0 Å². The minimum atomic E-state index is -4.63. The number of pyridine rings is 1. The van der Waals surface area contributed by atoms with Crippen LogP contribution in [0.2, 0.25) is 0 Å². The zero-order valence-electron chi connectivity index (χ0n) is 15.0. The lowest BCUT2D eigenvalue weighted by atomic mass is 10.1. The number of anilines is 1. The molecular weight excluding hydrogens is 399 g/mol. The van der Waals surface area contributed by atoms with Crippen LogP contribution < -0.4 is 10.1 Å². The Morgan fingerprint density at radius 2 is 1.83 bits per heavy atom. The second-order valence-corrected chi connectivity index (χ2v) is 5.86. The van der Waals surface area contributed by atoms with Gasteiger partial charge in [-0.05, 0) is 24.3 Å². The maximum Gasteiger partial charge on any atom is 0.435 e. The molecule has 2 heterocycles. The van der Waals surface area contributed by atoms with Gasteiger partial charge in [0.1, 0.15) is 17.3 Å². The molecule has 0 saturated carbocycles. The van der Waals surface area contributed by atoms with Gasteiger partial charge in [-0.1, -0.05) is 6.07 Å². The minimum Gasteiger partial charge on any atom is -0.494 e. The Morgan fingerprint density at radius 3 is 2.38 bits per heavy atom. The van der Waals surface area contributed by atoms with Gasteiger partial charge >= 0.3 is 6.18 Å². The number of carbonyl (C=O) groups excluding carboxylic acids is 1. The Labute approximate surface area is 160 Å². The van der Waals surface area contributed by atoms with Crippen LogP contribution in [0.5, 0.6) is 5.75 Å². The van der Waals surface area contributed by atoms with Crippen molar-refractivity contribution in [2.45, 2.75) is 6.18 Å². The highest BCUT2D eigenvalue weighted by Crippen LogP contribution is 2.33. The average molecular weight is 412 g/mol. The Kier molecular flexibility index (Phi) is 5.23. The van der Waals surface area contributed by atoms with Gasteiger partial charge in [-0.25, -0.2) is 13.8 Å².